The largest absolute Gasteiger partial charge is 0.338 e. The first kappa shape index (κ1) is 23.7. The lowest BCUT2D eigenvalue weighted by atomic mass is 9.90. The molecule has 0 amide bonds. The summed E-state index contributed by atoms with van der Waals surface area (Å²) in [6.45, 7) is 3.17. The average molecular weight is 619 g/mol. The third-order valence-electron chi connectivity index (χ3n) is 7.87. The molecule has 40 heavy (non-hydrogen) atoms. The highest BCUT2D eigenvalue weighted by Crippen LogP contribution is 2.64. The predicted molar refractivity (Wildman–Crippen MR) is 140 cm³/mol. The van der Waals surface area contributed by atoms with Crippen molar-refractivity contribution in [2.45, 2.75) is 23.1 Å². The van der Waals surface area contributed by atoms with Crippen LogP contribution < -0.4 is 0 Å². The molecule has 4 aromatic heterocycles. The molecule has 0 saturated carbocycles. The van der Waals surface area contributed by atoms with Crippen LogP contribution in [0.2, 0.25) is 0 Å². The van der Waals surface area contributed by atoms with Gasteiger partial charge in [-0.15, -0.1) is 45.3 Å². The smallest absolute Gasteiger partial charge is 0.276 e. The van der Waals surface area contributed by atoms with Crippen molar-refractivity contribution < 1.29 is 37.9 Å². The standard InChI is InChI=1S/C24H18N4O8S4/c1-2-30-21(29-1)15-11(37-9-25-15)13-17(23(21)33-5-6-34-23)27-19(39-13)20-28-18-14(40-20)12-16(26-10-38-12)22(31-3-4-32-22)24(18)35-7-8-36-24/h9-10H,1-8H2. The van der Waals surface area contributed by atoms with E-state index in [0.29, 0.717) is 85.6 Å². The Hall–Kier alpha value is -1.80. The van der Waals surface area contributed by atoms with Gasteiger partial charge in [0.25, 0.3) is 23.1 Å². The summed E-state index contributed by atoms with van der Waals surface area (Å²) < 4.78 is 50.3. The van der Waals surface area contributed by atoms with Crippen molar-refractivity contribution in [3.63, 3.8) is 0 Å². The van der Waals surface area contributed by atoms with Crippen LogP contribution in [0.4, 0.5) is 0 Å². The maximum atomic E-state index is 6.32. The summed E-state index contributed by atoms with van der Waals surface area (Å²) in [4.78, 5) is 23.3. The zero-order chi connectivity index (χ0) is 26.2. The van der Waals surface area contributed by atoms with Gasteiger partial charge in [-0.25, -0.2) is 19.9 Å². The molecule has 4 aromatic rings. The van der Waals surface area contributed by atoms with Crippen molar-refractivity contribution in [3.8, 4) is 29.5 Å². The molecule has 8 heterocycles. The van der Waals surface area contributed by atoms with Gasteiger partial charge < -0.3 is 37.9 Å². The summed E-state index contributed by atoms with van der Waals surface area (Å²) in [5, 5.41) is 1.41. The Labute approximate surface area is 241 Å². The van der Waals surface area contributed by atoms with E-state index >= 15 is 0 Å². The van der Waals surface area contributed by atoms with Crippen LogP contribution in [0.25, 0.3) is 29.5 Å². The zero-order valence-electron chi connectivity index (χ0n) is 20.5. The Balaban J connectivity index is 1.19. The number of aromatic nitrogens is 4. The van der Waals surface area contributed by atoms with Crippen LogP contribution >= 0.6 is 45.3 Å². The summed E-state index contributed by atoms with van der Waals surface area (Å²) in [5.41, 5.74) is 6.16. The molecule has 206 valence electrons. The highest BCUT2D eigenvalue weighted by atomic mass is 32.1. The van der Waals surface area contributed by atoms with Crippen LogP contribution in [0.5, 0.6) is 0 Å². The number of fused-ring (bicyclic) bond motifs is 12. The molecular weight excluding hydrogens is 601 g/mol. The van der Waals surface area contributed by atoms with Crippen LogP contribution in [0.15, 0.2) is 11.0 Å². The Morgan fingerprint density at radius 3 is 1.12 bits per heavy atom. The van der Waals surface area contributed by atoms with Gasteiger partial charge in [0.1, 0.15) is 22.8 Å². The number of thiazole rings is 4. The van der Waals surface area contributed by atoms with Crippen molar-refractivity contribution in [1.82, 2.24) is 19.9 Å². The molecule has 0 N–H and O–H groups in total. The van der Waals surface area contributed by atoms with Crippen LogP contribution in [-0.2, 0) is 61.0 Å². The van der Waals surface area contributed by atoms with E-state index in [9.17, 15) is 0 Å². The number of hydrogen-bond donors (Lipinski definition) is 0. The minimum atomic E-state index is -1.36. The van der Waals surface area contributed by atoms with E-state index < -0.39 is 23.1 Å². The molecule has 16 heteroatoms. The van der Waals surface area contributed by atoms with Gasteiger partial charge in [0, 0.05) is 0 Å². The highest BCUT2D eigenvalue weighted by Gasteiger charge is 2.71. The highest BCUT2D eigenvalue weighted by molar-refractivity contribution is 7.28. The normalized spacial score (nSPS) is 25.7. The maximum absolute atomic E-state index is 6.32. The summed E-state index contributed by atoms with van der Waals surface area (Å²) in [7, 11) is 0. The number of ether oxygens (including phenoxy) is 8. The fourth-order valence-corrected chi connectivity index (χ4v) is 10.6. The summed E-state index contributed by atoms with van der Waals surface area (Å²) >= 11 is 6.08. The van der Waals surface area contributed by atoms with Crippen molar-refractivity contribution in [3.05, 3.63) is 33.8 Å². The summed E-state index contributed by atoms with van der Waals surface area (Å²) in [5.74, 6) is -5.33. The Bertz CT molecular complexity index is 1550. The lowest BCUT2D eigenvalue weighted by Crippen LogP contribution is -2.54. The maximum Gasteiger partial charge on any atom is 0.276 e. The second kappa shape index (κ2) is 7.97. The first-order valence-corrected chi connectivity index (χ1v) is 16.1. The number of nitrogens with zero attached hydrogens (tertiary/aromatic N) is 4. The van der Waals surface area contributed by atoms with Gasteiger partial charge in [0.05, 0.1) is 83.4 Å². The molecule has 0 atom stereocenters. The minimum absolute atomic E-state index is 0.388. The third kappa shape index (κ3) is 2.57. The van der Waals surface area contributed by atoms with Crippen molar-refractivity contribution in [2.75, 3.05) is 52.9 Å². The third-order valence-corrected chi connectivity index (χ3v) is 12.1. The molecular formula is C24H18N4O8S4. The molecule has 0 unspecified atom stereocenters. The van der Waals surface area contributed by atoms with Crippen molar-refractivity contribution in [1.29, 1.82) is 0 Å². The minimum Gasteiger partial charge on any atom is -0.338 e. The zero-order valence-corrected chi connectivity index (χ0v) is 23.8. The first-order valence-electron chi connectivity index (χ1n) is 12.7. The van der Waals surface area contributed by atoms with Crippen LogP contribution in [0.3, 0.4) is 0 Å². The number of hydrogen-bond acceptors (Lipinski definition) is 16. The van der Waals surface area contributed by atoms with E-state index in [1.165, 1.54) is 45.3 Å². The van der Waals surface area contributed by atoms with Gasteiger partial charge in [-0.2, -0.15) is 0 Å². The van der Waals surface area contributed by atoms with Crippen LogP contribution in [-0.4, -0.2) is 72.8 Å². The van der Waals surface area contributed by atoms with E-state index in [1.54, 1.807) is 11.0 Å². The fraction of sp³-hybridized carbons (Fsp3) is 0.500. The van der Waals surface area contributed by atoms with E-state index in [4.69, 9.17) is 47.9 Å². The number of rotatable bonds is 1. The van der Waals surface area contributed by atoms with Crippen LogP contribution in [0.1, 0.15) is 22.8 Å². The summed E-state index contributed by atoms with van der Waals surface area (Å²) in [6, 6.07) is 0. The van der Waals surface area contributed by atoms with Crippen molar-refractivity contribution >= 4 is 45.3 Å². The molecule has 4 aliphatic heterocycles. The molecule has 4 spiro atoms. The molecule has 4 fully saturated rings. The van der Waals surface area contributed by atoms with E-state index in [2.05, 4.69) is 9.97 Å². The van der Waals surface area contributed by atoms with E-state index in [1.807, 2.05) is 0 Å². The Morgan fingerprint density at radius 1 is 0.450 bits per heavy atom. The van der Waals surface area contributed by atoms with Gasteiger partial charge >= 0.3 is 0 Å². The topological polar surface area (TPSA) is 125 Å². The molecule has 4 saturated heterocycles. The van der Waals surface area contributed by atoms with Gasteiger partial charge in [0.15, 0.2) is 10.0 Å². The van der Waals surface area contributed by atoms with E-state index in [0.717, 1.165) is 19.5 Å². The molecule has 6 aliphatic rings. The lowest BCUT2D eigenvalue weighted by molar-refractivity contribution is -0.368. The van der Waals surface area contributed by atoms with E-state index in [-0.39, 0.29) is 0 Å². The average Bonchev–Trinajstić information content (AvgIpc) is 3.84. The first-order chi connectivity index (χ1) is 19.7. The van der Waals surface area contributed by atoms with Gasteiger partial charge in [0.2, 0.25) is 0 Å². The molecule has 2 aliphatic carbocycles. The van der Waals surface area contributed by atoms with Gasteiger partial charge in [-0.05, 0) is 0 Å². The SMILES string of the molecule is c1nc2c(s1)-c1sc(-c3nc4c(s3)-c3scnc3C3(OCCO3)C43OCCO3)nc1C1(OCCO1)C21OCCO1. The second-order valence-corrected chi connectivity index (χ2v) is 13.4. The molecule has 12 nitrogen and oxygen atoms in total. The molecule has 10 rings (SSSR count). The predicted octanol–water partition coefficient (Wildman–Crippen LogP) is 3.34. The Morgan fingerprint density at radius 2 is 0.775 bits per heavy atom. The fourth-order valence-electron chi connectivity index (χ4n) is 6.44. The summed E-state index contributed by atoms with van der Waals surface area (Å²) in [6.07, 6.45) is 0. The Kier molecular flexibility index (Phi) is 4.73. The second-order valence-electron chi connectivity index (χ2n) is 9.71. The monoisotopic (exact) mass is 618 g/mol. The quantitative estimate of drug-likeness (QED) is 0.311. The van der Waals surface area contributed by atoms with Gasteiger partial charge in [-0.1, -0.05) is 0 Å². The van der Waals surface area contributed by atoms with Gasteiger partial charge in [-0.3, -0.25) is 0 Å². The molecule has 0 radical (unpaired) electrons. The van der Waals surface area contributed by atoms with Crippen LogP contribution in [0, 0.1) is 0 Å². The molecule has 0 aromatic carbocycles. The molecule has 0 bridgehead atoms. The lowest BCUT2D eigenvalue weighted by Gasteiger charge is -2.42. The van der Waals surface area contributed by atoms with Crippen molar-refractivity contribution in [2.24, 2.45) is 0 Å².